The highest BCUT2D eigenvalue weighted by molar-refractivity contribution is 6.32. The van der Waals surface area contributed by atoms with Crippen LogP contribution in [0.3, 0.4) is 0 Å². The van der Waals surface area contributed by atoms with Gasteiger partial charge in [-0.15, -0.1) is 0 Å². The van der Waals surface area contributed by atoms with E-state index < -0.39 is 0 Å². The number of fused-ring (bicyclic) bond motifs is 1. The summed E-state index contributed by atoms with van der Waals surface area (Å²) in [6.45, 7) is 0. The van der Waals surface area contributed by atoms with Gasteiger partial charge in [0.1, 0.15) is 17.6 Å². The van der Waals surface area contributed by atoms with Gasteiger partial charge in [0.15, 0.2) is 5.78 Å². The van der Waals surface area contributed by atoms with Crippen molar-refractivity contribution in [2.45, 2.75) is 12.5 Å². The number of hydrogen-bond acceptors (Lipinski definition) is 3. The molecule has 0 radical (unpaired) electrons. The largest absolute Gasteiger partial charge is 0.506 e. The Bertz CT molecular complexity index is 652. The smallest absolute Gasteiger partial charge is 0.170 e. The van der Waals surface area contributed by atoms with Crippen LogP contribution in [0.15, 0.2) is 42.5 Å². The van der Waals surface area contributed by atoms with Crippen molar-refractivity contribution in [2.75, 3.05) is 0 Å². The van der Waals surface area contributed by atoms with Gasteiger partial charge in [-0.1, -0.05) is 29.8 Å². The molecule has 3 rings (SSSR count). The van der Waals surface area contributed by atoms with Crippen LogP contribution >= 0.6 is 11.6 Å². The highest BCUT2D eigenvalue weighted by Crippen LogP contribution is 2.36. The number of phenols is 1. The Morgan fingerprint density at radius 2 is 2.00 bits per heavy atom. The first-order valence-corrected chi connectivity index (χ1v) is 6.30. The molecule has 1 N–H and O–H groups in total. The molecule has 0 amide bonds. The quantitative estimate of drug-likeness (QED) is 0.861. The zero-order chi connectivity index (χ0) is 13.4. The molecule has 0 aromatic heterocycles. The van der Waals surface area contributed by atoms with Gasteiger partial charge in [-0.3, -0.25) is 4.79 Å². The fourth-order valence-electron chi connectivity index (χ4n) is 2.18. The normalized spacial score (nSPS) is 17.7. The van der Waals surface area contributed by atoms with Crippen LogP contribution in [0.2, 0.25) is 5.02 Å². The van der Waals surface area contributed by atoms with Crippen molar-refractivity contribution in [1.29, 1.82) is 0 Å². The number of para-hydroxylation sites is 1. The Hall–Kier alpha value is -2.00. The molecule has 0 fully saturated rings. The highest BCUT2D eigenvalue weighted by atomic mass is 35.5. The molecule has 96 valence electrons. The summed E-state index contributed by atoms with van der Waals surface area (Å²) in [5.74, 6) is 0.664. The molecule has 2 aromatic rings. The van der Waals surface area contributed by atoms with Gasteiger partial charge in [0.2, 0.25) is 0 Å². The minimum atomic E-state index is -0.361. The summed E-state index contributed by atoms with van der Waals surface area (Å²) in [6.07, 6.45) is -0.0847. The van der Waals surface area contributed by atoms with Gasteiger partial charge >= 0.3 is 0 Å². The predicted octanol–water partition coefficient (Wildman–Crippen LogP) is 3.75. The van der Waals surface area contributed by atoms with Crippen LogP contribution in [0, 0.1) is 0 Å². The second-order valence-electron chi connectivity index (χ2n) is 4.44. The Labute approximate surface area is 115 Å². The zero-order valence-electron chi connectivity index (χ0n) is 9.97. The topological polar surface area (TPSA) is 46.5 Å². The summed E-state index contributed by atoms with van der Waals surface area (Å²) in [7, 11) is 0. The highest BCUT2D eigenvalue weighted by Gasteiger charge is 2.27. The zero-order valence-corrected chi connectivity index (χ0v) is 10.7. The minimum Gasteiger partial charge on any atom is -0.506 e. The summed E-state index contributed by atoms with van der Waals surface area (Å²) < 4.78 is 5.82. The first kappa shape index (κ1) is 12.1. The monoisotopic (exact) mass is 274 g/mol. The third-order valence-corrected chi connectivity index (χ3v) is 3.47. The summed E-state index contributed by atoms with van der Waals surface area (Å²) in [6, 6.07) is 12.0. The Kier molecular flexibility index (Phi) is 2.91. The maximum Gasteiger partial charge on any atom is 0.170 e. The number of halogens is 1. The molecule has 19 heavy (non-hydrogen) atoms. The number of ketones is 1. The molecule has 1 heterocycles. The first-order valence-electron chi connectivity index (χ1n) is 5.92. The lowest BCUT2D eigenvalue weighted by molar-refractivity contribution is 0.0850. The number of hydrogen-bond donors (Lipinski definition) is 1. The number of carbonyl (C=O) groups is 1. The summed E-state index contributed by atoms with van der Waals surface area (Å²) in [5, 5.41) is 9.67. The van der Waals surface area contributed by atoms with Crippen molar-refractivity contribution in [3.8, 4) is 11.5 Å². The van der Waals surface area contributed by atoms with Crippen LogP contribution in [0.1, 0.15) is 28.4 Å². The summed E-state index contributed by atoms with van der Waals surface area (Å²) in [5.41, 5.74) is 1.40. The van der Waals surface area contributed by atoms with E-state index in [2.05, 4.69) is 0 Å². The maximum atomic E-state index is 12.1. The molecule has 1 unspecified atom stereocenters. The molecule has 3 nitrogen and oxygen atoms in total. The Balaban J connectivity index is 1.96. The molecule has 1 aliphatic heterocycles. The average molecular weight is 275 g/mol. The van der Waals surface area contributed by atoms with Gasteiger partial charge in [-0.2, -0.15) is 0 Å². The van der Waals surface area contributed by atoms with Crippen molar-refractivity contribution in [1.82, 2.24) is 0 Å². The molecule has 0 saturated heterocycles. The van der Waals surface area contributed by atoms with E-state index in [4.69, 9.17) is 16.3 Å². The van der Waals surface area contributed by atoms with Gasteiger partial charge in [-0.25, -0.2) is 0 Å². The molecule has 2 aromatic carbocycles. The lowest BCUT2D eigenvalue weighted by Gasteiger charge is -2.25. The standard InChI is InChI=1S/C15H11ClO3/c16-11-7-9(5-6-12(11)17)15-8-13(18)10-3-1-2-4-14(10)19-15/h1-7,15,17H,8H2. The van der Waals surface area contributed by atoms with E-state index in [0.29, 0.717) is 11.3 Å². The number of phenolic OH excluding ortho intramolecular Hbond substituents is 1. The molecular weight excluding hydrogens is 264 g/mol. The van der Waals surface area contributed by atoms with Crippen LogP contribution < -0.4 is 4.74 Å². The Morgan fingerprint density at radius 1 is 1.21 bits per heavy atom. The lowest BCUT2D eigenvalue weighted by atomic mass is 9.96. The van der Waals surface area contributed by atoms with E-state index in [0.717, 1.165) is 5.56 Å². The number of carbonyl (C=O) groups excluding carboxylic acids is 1. The van der Waals surface area contributed by atoms with E-state index in [9.17, 15) is 9.90 Å². The minimum absolute atomic E-state index is 0.0213. The summed E-state index contributed by atoms with van der Waals surface area (Å²) >= 11 is 5.88. The van der Waals surface area contributed by atoms with Crippen molar-refractivity contribution < 1.29 is 14.6 Å². The third kappa shape index (κ3) is 2.17. The van der Waals surface area contributed by atoms with Crippen LogP contribution in [-0.2, 0) is 0 Å². The number of Topliss-reactive ketones (excluding diaryl/α,β-unsaturated/α-hetero) is 1. The van der Waals surface area contributed by atoms with Crippen LogP contribution in [0.25, 0.3) is 0 Å². The second-order valence-corrected chi connectivity index (χ2v) is 4.85. The van der Waals surface area contributed by atoms with Crippen molar-refractivity contribution >= 4 is 17.4 Å². The lowest BCUT2D eigenvalue weighted by Crippen LogP contribution is -2.20. The van der Waals surface area contributed by atoms with E-state index in [-0.39, 0.29) is 29.1 Å². The third-order valence-electron chi connectivity index (χ3n) is 3.17. The molecule has 1 atom stereocenters. The van der Waals surface area contributed by atoms with Crippen molar-refractivity contribution in [3.05, 3.63) is 58.6 Å². The van der Waals surface area contributed by atoms with E-state index in [1.54, 1.807) is 24.3 Å². The predicted molar refractivity (Wildman–Crippen MR) is 71.9 cm³/mol. The molecule has 4 heteroatoms. The van der Waals surface area contributed by atoms with Crippen LogP contribution in [0.5, 0.6) is 11.5 Å². The Morgan fingerprint density at radius 3 is 2.79 bits per heavy atom. The molecule has 1 aliphatic rings. The van der Waals surface area contributed by atoms with Crippen molar-refractivity contribution in [2.24, 2.45) is 0 Å². The first-order chi connectivity index (χ1) is 9.15. The average Bonchev–Trinajstić information content (AvgIpc) is 2.42. The van der Waals surface area contributed by atoms with Gasteiger partial charge in [0.05, 0.1) is 17.0 Å². The number of aromatic hydroxyl groups is 1. The number of rotatable bonds is 1. The van der Waals surface area contributed by atoms with Gasteiger partial charge in [0, 0.05) is 0 Å². The molecule has 0 spiro atoms. The van der Waals surface area contributed by atoms with Gasteiger partial charge in [-0.05, 0) is 29.8 Å². The molecule has 0 saturated carbocycles. The molecule has 0 bridgehead atoms. The van der Waals surface area contributed by atoms with E-state index >= 15 is 0 Å². The van der Waals surface area contributed by atoms with Crippen LogP contribution in [-0.4, -0.2) is 10.9 Å². The van der Waals surface area contributed by atoms with E-state index in [1.807, 2.05) is 12.1 Å². The van der Waals surface area contributed by atoms with Crippen molar-refractivity contribution in [3.63, 3.8) is 0 Å². The molecular formula is C15H11ClO3. The summed E-state index contributed by atoms with van der Waals surface area (Å²) in [4.78, 5) is 12.1. The second kappa shape index (κ2) is 4.59. The van der Waals surface area contributed by atoms with Crippen LogP contribution in [0.4, 0.5) is 0 Å². The van der Waals surface area contributed by atoms with Gasteiger partial charge in [0.25, 0.3) is 0 Å². The maximum absolute atomic E-state index is 12.1. The van der Waals surface area contributed by atoms with Gasteiger partial charge < -0.3 is 9.84 Å². The number of ether oxygens (including phenoxy) is 1. The number of benzene rings is 2. The fourth-order valence-corrected chi connectivity index (χ4v) is 2.37. The SMILES string of the molecule is O=C1CC(c2ccc(O)c(Cl)c2)Oc2ccccc21. The fraction of sp³-hybridized carbons (Fsp3) is 0.133. The molecule has 0 aliphatic carbocycles. The van der Waals surface area contributed by atoms with E-state index in [1.165, 1.54) is 6.07 Å².